The molecule has 0 spiro atoms. The molecule has 7 rings (SSSR count). The molecule has 0 fully saturated rings. The van der Waals surface area contributed by atoms with Crippen LogP contribution >= 0.6 is 15.9 Å². The van der Waals surface area contributed by atoms with Crippen LogP contribution in [-0.4, -0.2) is 29.9 Å². The van der Waals surface area contributed by atoms with E-state index >= 15 is 0 Å². The normalized spacial score (nSPS) is 12.3. The van der Waals surface area contributed by atoms with Crippen LogP contribution in [0.2, 0.25) is 0 Å². The molecule has 6 nitrogen and oxygen atoms in total. The van der Waals surface area contributed by atoms with Gasteiger partial charge in [0.1, 0.15) is 11.3 Å². The second kappa shape index (κ2) is 10.3. The van der Waals surface area contributed by atoms with Crippen LogP contribution in [0.15, 0.2) is 46.9 Å². The monoisotopic (exact) mass is 626 g/mol. The van der Waals surface area contributed by atoms with Crippen LogP contribution in [0.3, 0.4) is 0 Å². The second-order valence-electron chi connectivity index (χ2n) is 11.5. The molecule has 2 aliphatic rings. The number of hydrogen-bond donors (Lipinski definition) is 2. The van der Waals surface area contributed by atoms with Gasteiger partial charge in [-0.15, -0.1) is 0 Å². The van der Waals surface area contributed by atoms with Crippen LogP contribution in [0.1, 0.15) is 56.4 Å². The van der Waals surface area contributed by atoms with Gasteiger partial charge in [-0.3, -0.25) is 0 Å². The number of hydrogen-bond acceptors (Lipinski definition) is 4. The highest BCUT2D eigenvalue weighted by Crippen LogP contribution is 2.37. The molecule has 0 atom stereocenters. The third-order valence-corrected chi connectivity index (χ3v) is 8.64. The minimum atomic E-state index is 0.624. The molecule has 2 aliphatic heterocycles. The van der Waals surface area contributed by atoms with E-state index in [1.807, 2.05) is 30.4 Å². The van der Waals surface area contributed by atoms with Crippen LogP contribution in [0, 0.1) is 41.5 Å². The molecule has 0 amide bonds. The van der Waals surface area contributed by atoms with Crippen molar-refractivity contribution in [3.05, 3.63) is 103 Å². The minimum Gasteiger partial charge on any atom is -0.340 e. The van der Waals surface area contributed by atoms with Crippen LogP contribution in [-0.2, 0) is 0 Å². The second-order valence-corrected chi connectivity index (χ2v) is 12.4. The predicted molar refractivity (Wildman–Crippen MR) is 181 cm³/mol. The van der Waals surface area contributed by atoms with Crippen molar-refractivity contribution in [2.24, 2.45) is 0 Å². The van der Waals surface area contributed by atoms with E-state index in [4.69, 9.17) is 19.9 Å². The molecule has 0 aliphatic carbocycles. The van der Waals surface area contributed by atoms with Gasteiger partial charge in [0.15, 0.2) is 11.6 Å². The highest BCUT2D eigenvalue weighted by Gasteiger charge is 2.19. The maximum atomic E-state index is 5.01. The van der Waals surface area contributed by atoms with Gasteiger partial charge < -0.3 is 9.97 Å². The predicted octanol–water partition coefficient (Wildman–Crippen LogP) is 9.39. The molecule has 0 radical (unpaired) electrons. The van der Waals surface area contributed by atoms with Crippen molar-refractivity contribution in [3.63, 3.8) is 0 Å². The van der Waals surface area contributed by atoms with E-state index in [2.05, 4.69) is 104 Å². The summed E-state index contributed by atoms with van der Waals surface area (Å²) in [6, 6.07) is 15.0. The Kier molecular flexibility index (Phi) is 6.51. The Labute approximate surface area is 258 Å². The van der Waals surface area contributed by atoms with Crippen LogP contribution in [0.25, 0.3) is 68.9 Å². The molecule has 0 saturated carbocycles. The summed E-state index contributed by atoms with van der Waals surface area (Å²) in [5.74, 6) is 1.26. The maximum Gasteiger partial charge on any atom is 0.155 e. The zero-order chi connectivity index (χ0) is 30.0. The largest absolute Gasteiger partial charge is 0.340 e. The number of aromatic amines is 2. The van der Waals surface area contributed by atoms with Gasteiger partial charge in [-0.1, -0.05) is 35.4 Å². The Bertz CT molecular complexity index is 2170. The molecule has 0 unspecified atom stereocenters. The third-order valence-electron chi connectivity index (χ3n) is 8.04. The summed E-state index contributed by atoms with van der Waals surface area (Å²) in [6.07, 6.45) is 7.99. The molecule has 43 heavy (non-hydrogen) atoms. The third kappa shape index (κ3) is 4.83. The van der Waals surface area contributed by atoms with E-state index in [0.29, 0.717) is 17.3 Å². The lowest BCUT2D eigenvalue weighted by Crippen LogP contribution is -1.96. The van der Waals surface area contributed by atoms with Crippen LogP contribution in [0.5, 0.6) is 0 Å². The smallest absolute Gasteiger partial charge is 0.155 e. The lowest BCUT2D eigenvalue weighted by molar-refractivity contribution is 1.16. The fraction of sp³-hybridized carbons (Fsp3) is 0.167. The lowest BCUT2D eigenvalue weighted by Gasteiger charge is -2.13. The van der Waals surface area contributed by atoms with Gasteiger partial charge in [0, 0.05) is 16.6 Å². The molecule has 5 heterocycles. The van der Waals surface area contributed by atoms with E-state index in [9.17, 15) is 0 Å². The fourth-order valence-corrected chi connectivity index (χ4v) is 6.94. The fourth-order valence-electron chi connectivity index (χ4n) is 6.52. The number of rotatable bonds is 2. The summed E-state index contributed by atoms with van der Waals surface area (Å²) in [7, 11) is 0. The molecule has 8 bridgehead atoms. The van der Waals surface area contributed by atoms with Gasteiger partial charge in [0.25, 0.3) is 0 Å². The minimum absolute atomic E-state index is 0.624. The van der Waals surface area contributed by atoms with Crippen molar-refractivity contribution in [3.8, 4) is 22.3 Å². The van der Waals surface area contributed by atoms with Crippen molar-refractivity contribution in [2.75, 3.05) is 0 Å². The molecular weight excluding hydrogens is 596 g/mol. The first-order valence-electron chi connectivity index (χ1n) is 14.3. The van der Waals surface area contributed by atoms with Crippen molar-refractivity contribution >= 4 is 62.6 Å². The van der Waals surface area contributed by atoms with E-state index in [1.165, 1.54) is 38.9 Å². The lowest BCUT2D eigenvalue weighted by atomic mass is 9.92. The number of fused-ring (bicyclic) bond motifs is 8. The SMILES string of the molecule is Cc1cc(C)c(-c2c3nc(nc4ccc([nH]4)c(-c4c(C)cc(C)cc4C)c4cc(Br)c(nc5nc2C=C5)[nH]4)C=C3)c(C)c1. The summed E-state index contributed by atoms with van der Waals surface area (Å²) in [4.78, 5) is 27.0. The van der Waals surface area contributed by atoms with Gasteiger partial charge in [-0.2, -0.15) is 0 Å². The number of H-pyrrole nitrogens is 2. The van der Waals surface area contributed by atoms with Gasteiger partial charge in [-0.05, 0) is 133 Å². The highest BCUT2D eigenvalue weighted by molar-refractivity contribution is 9.10. The van der Waals surface area contributed by atoms with E-state index in [1.54, 1.807) is 0 Å². The first kappa shape index (κ1) is 27.2. The number of benzene rings is 2. The Morgan fingerprint density at radius 1 is 0.512 bits per heavy atom. The van der Waals surface area contributed by atoms with Crippen LogP contribution < -0.4 is 0 Å². The van der Waals surface area contributed by atoms with Gasteiger partial charge in [0.2, 0.25) is 0 Å². The van der Waals surface area contributed by atoms with Crippen LogP contribution in [0.4, 0.5) is 0 Å². The summed E-state index contributed by atoms with van der Waals surface area (Å²) in [5, 5.41) is 0. The molecule has 3 aromatic heterocycles. The van der Waals surface area contributed by atoms with Gasteiger partial charge in [-0.25, -0.2) is 19.9 Å². The van der Waals surface area contributed by atoms with Crippen molar-refractivity contribution in [1.82, 2.24) is 29.9 Å². The Morgan fingerprint density at radius 2 is 1.05 bits per heavy atom. The number of aromatic nitrogens is 6. The van der Waals surface area contributed by atoms with E-state index in [0.717, 1.165) is 49.2 Å². The number of nitrogens with zero attached hydrogens (tertiary/aromatic N) is 4. The van der Waals surface area contributed by atoms with Gasteiger partial charge in [0.05, 0.1) is 21.4 Å². The molecule has 0 saturated heterocycles. The summed E-state index contributed by atoms with van der Waals surface area (Å²) < 4.78 is 0.865. The Morgan fingerprint density at radius 3 is 1.63 bits per heavy atom. The zero-order valence-corrected chi connectivity index (χ0v) is 26.6. The molecular formula is C36H31BrN6. The molecule has 5 aromatic rings. The van der Waals surface area contributed by atoms with Crippen molar-refractivity contribution in [1.29, 1.82) is 0 Å². The topological polar surface area (TPSA) is 83.1 Å². The van der Waals surface area contributed by atoms with Gasteiger partial charge >= 0.3 is 0 Å². The number of halogens is 1. The van der Waals surface area contributed by atoms with Crippen molar-refractivity contribution in [2.45, 2.75) is 41.5 Å². The first-order chi connectivity index (χ1) is 20.6. The standard InChI is InChI=1S/C36H31BrN6/c1-18-13-20(3)32(21(4)14-18)34-25-7-10-29(38-25)42-30-11-8-27(39-30)35(33-22(5)15-19(2)16-23(33)6)28-17-24(37)36(41-28)43-31-12-9-26(34)40-31/h7-17H,1-6H3,(H,38,39,42)(H,40,41,43). The average molecular weight is 628 g/mol. The summed E-state index contributed by atoms with van der Waals surface area (Å²) >= 11 is 3.77. The molecule has 2 aromatic carbocycles. The molecule has 2 N–H and O–H groups in total. The number of aryl methyl sites for hydroxylation is 6. The summed E-state index contributed by atoms with van der Waals surface area (Å²) in [5.41, 5.74) is 16.6. The number of nitrogens with one attached hydrogen (secondary N) is 2. The Hall–Kier alpha value is -4.62. The molecule has 212 valence electrons. The molecule has 7 heteroatoms. The van der Waals surface area contributed by atoms with E-state index in [-0.39, 0.29) is 0 Å². The van der Waals surface area contributed by atoms with E-state index < -0.39 is 0 Å². The first-order valence-corrected chi connectivity index (χ1v) is 15.1. The van der Waals surface area contributed by atoms with Crippen molar-refractivity contribution < 1.29 is 0 Å². The average Bonchev–Trinajstić information content (AvgIpc) is 3.73. The quantitative estimate of drug-likeness (QED) is 0.200. The zero-order valence-electron chi connectivity index (χ0n) is 25.0. The summed E-state index contributed by atoms with van der Waals surface area (Å²) in [6.45, 7) is 12.9. The Balaban J connectivity index is 1.61. The maximum absolute atomic E-state index is 5.01. The highest BCUT2D eigenvalue weighted by atomic mass is 79.9.